The largest absolute Gasteiger partial charge is 0.493 e. The Kier molecular flexibility index (Phi) is 7.66. The molecule has 2 rings (SSSR count). The molecule has 1 aromatic carbocycles. The molecule has 1 N–H and O–H groups in total. The van der Waals surface area contributed by atoms with E-state index in [1.165, 1.54) is 25.1 Å². The fraction of sp³-hybridized carbons (Fsp3) is 0.550. The number of amides is 2. The quantitative estimate of drug-likeness (QED) is 0.608. The van der Waals surface area contributed by atoms with Crippen LogP contribution in [-0.4, -0.2) is 62.6 Å². The monoisotopic (exact) mass is 392 g/mol. The summed E-state index contributed by atoms with van der Waals surface area (Å²) in [7, 11) is 2.98. The van der Waals surface area contributed by atoms with E-state index in [2.05, 4.69) is 5.32 Å². The molecule has 0 heterocycles. The van der Waals surface area contributed by atoms with E-state index in [1.54, 1.807) is 12.1 Å². The third-order valence-electron chi connectivity index (χ3n) is 4.05. The summed E-state index contributed by atoms with van der Waals surface area (Å²) in [4.78, 5) is 37.2. The highest BCUT2D eigenvalue weighted by atomic mass is 16.5. The standard InChI is InChI=1S/C20H28N2O6/c1-13(2)11-27-16-8-5-14(9-17(16)26-4)20(25)28-12-19(24)22(3)10-18(23)21-15-6-7-15/h5,8-9,13,15H,6-7,10-12H2,1-4H3,(H,21,23). The minimum absolute atomic E-state index is 0.0669. The Hall–Kier alpha value is -2.77. The second-order valence-electron chi connectivity index (χ2n) is 7.24. The highest BCUT2D eigenvalue weighted by molar-refractivity contribution is 5.92. The maximum atomic E-state index is 12.2. The van der Waals surface area contributed by atoms with Gasteiger partial charge in [-0.25, -0.2) is 4.79 Å². The van der Waals surface area contributed by atoms with Gasteiger partial charge in [0.1, 0.15) is 0 Å². The maximum Gasteiger partial charge on any atom is 0.338 e. The summed E-state index contributed by atoms with van der Waals surface area (Å²) >= 11 is 0. The summed E-state index contributed by atoms with van der Waals surface area (Å²) < 4.78 is 16.0. The van der Waals surface area contributed by atoms with E-state index in [9.17, 15) is 14.4 Å². The Bertz CT molecular complexity index is 715. The van der Waals surface area contributed by atoms with Crippen LogP contribution in [0.5, 0.6) is 11.5 Å². The van der Waals surface area contributed by atoms with Crippen molar-refractivity contribution in [1.82, 2.24) is 10.2 Å². The van der Waals surface area contributed by atoms with E-state index < -0.39 is 18.5 Å². The van der Waals surface area contributed by atoms with Crippen LogP contribution in [-0.2, 0) is 14.3 Å². The lowest BCUT2D eigenvalue weighted by Gasteiger charge is -2.17. The zero-order chi connectivity index (χ0) is 20.7. The van der Waals surface area contributed by atoms with Gasteiger partial charge in [0, 0.05) is 13.1 Å². The molecule has 0 unspecified atom stereocenters. The fourth-order valence-corrected chi connectivity index (χ4v) is 2.30. The number of carbonyl (C=O) groups excluding carboxylic acids is 3. The topological polar surface area (TPSA) is 94.2 Å². The number of nitrogens with zero attached hydrogens (tertiary/aromatic N) is 1. The molecular weight excluding hydrogens is 364 g/mol. The van der Waals surface area contributed by atoms with Crippen LogP contribution in [0.25, 0.3) is 0 Å². The summed E-state index contributed by atoms with van der Waals surface area (Å²) in [6.07, 6.45) is 1.96. The summed E-state index contributed by atoms with van der Waals surface area (Å²) in [5.41, 5.74) is 0.246. The summed E-state index contributed by atoms with van der Waals surface area (Å²) in [5.74, 6) is -0.0309. The first-order chi connectivity index (χ1) is 13.3. The molecular formula is C20H28N2O6. The molecule has 0 saturated heterocycles. The van der Waals surface area contributed by atoms with Gasteiger partial charge in [-0.1, -0.05) is 13.8 Å². The van der Waals surface area contributed by atoms with Crippen molar-refractivity contribution >= 4 is 17.8 Å². The molecule has 0 spiro atoms. The first-order valence-electron chi connectivity index (χ1n) is 9.31. The van der Waals surface area contributed by atoms with Crippen molar-refractivity contribution in [3.8, 4) is 11.5 Å². The van der Waals surface area contributed by atoms with Crippen LogP contribution in [0.1, 0.15) is 37.0 Å². The van der Waals surface area contributed by atoms with Crippen LogP contribution in [0.2, 0.25) is 0 Å². The number of likely N-dealkylation sites (N-methyl/N-ethyl adjacent to an activating group) is 1. The normalized spacial score (nSPS) is 13.0. The van der Waals surface area contributed by atoms with Crippen molar-refractivity contribution in [2.24, 2.45) is 5.92 Å². The molecule has 1 aromatic rings. The fourth-order valence-electron chi connectivity index (χ4n) is 2.30. The van der Waals surface area contributed by atoms with Crippen molar-refractivity contribution < 1.29 is 28.6 Å². The van der Waals surface area contributed by atoms with Gasteiger partial charge in [-0.05, 0) is 37.0 Å². The number of esters is 1. The van der Waals surface area contributed by atoms with E-state index >= 15 is 0 Å². The minimum Gasteiger partial charge on any atom is -0.493 e. The van der Waals surface area contributed by atoms with Crippen LogP contribution in [0.4, 0.5) is 0 Å². The predicted molar refractivity (Wildman–Crippen MR) is 102 cm³/mol. The van der Waals surface area contributed by atoms with Crippen LogP contribution in [0.3, 0.4) is 0 Å². The number of nitrogens with one attached hydrogen (secondary N) is 1. The Morgan fingerprint density at radius 3 is 2.54 bits per heavy atom. The second-order valence-corrected chi connectivity index (χ2v) is 7.24. The Labute approximate surface area is 165 Å². The van der Waals surface area contributed by atoms with Crippen LogP contribution in [0.15, 0.2) is 18.2 Å². The van der Waals surface area contributed by atoms with Gasteiger partial charge in [0.05, 0.1) is 25.8 Å². The molecule has 2 amide bonds. The van der Waals surface area contributed by atoms with Gasteiger partial charge in [-0.3, -0.25) is 9.59 Å². The van der Waals surface area contributed by atoms with Gasteiger partial charge in [0.15, 0.2) is 18.1 Å². The van der Waals surface area contributed by atoms with Gasteiger partial charge in [0.2, 0.25) is 5.91 Å². The van der Waals surface area contributed by atoms with Crippen LogP contribution < -0.4 is 14.8 Å². The van der Waals surface area contributed by atoms with Crippen molar-refractivity contribution in [1.29, 1.82) is 0 Å². The minimum atomic E-state index is -0.655. The zero-order valence-electron chi connectivity index (χ0n) is 16.8. The molecule has 8 nitrogen and oxygen atoms in total. The Morgan fingerprint density at radius 2 is 1.93 bits per heavy atom. The molecule has 1 aliphatic rings. The summed E-state index contributed by atoms with van der Waals surface area (Å²) in [6, 6.07) is 4.93. The molecule has 8 heteroatoms. The van der Waals surface area contributed by atoms with E-state index in [-0.39, 0.29) is 24.1 Å². The number of hydrogen-bond acceptors (Lipinski definition) is 6. The summed E-state index contributed by atoms with van der Waals surface area (Å²) in [5, 5.41) is 2.80. The lowest BCUT2D eigenvalue weighted by atomic mass is 10.2. The Morgan fingerprint density at radius 1 is 1.21 bits per heavy atom. The first-order valence-corrected chi connectivity index (χ1v) is 9.31. The first kappa shape index (κ1) is 21.5. The lowest BCUT2D eigenvalue weighted by molar-refractivity contribution is -0.137. The molecule has 1 saturated carbocycles. The van der Waals surface area contributed by atoms with Crippen molar-refractivity contribution in [3.05, 3.63) is 23.8 Å². The molecule has 28 heavy (non-hydrogen) atoms. The van der Waals surface area contributed by atoms with Gasteiger partial charge in [-0.2, -0.15) is 0 Å². The predicted octanol–water partition coefficient (Wildman–Crippen LogP) is 1.62. The van der Waals surface area contributed by atoms with Gasteiger partial charge < -0.3 is 24.4 Å². The van der Waals surface area contributed by atoms with Crippen LogP contribution >= 0.6 is 0 Å². The number of methoxy groups -OCH3 is 1. The molecule has 1 aliphatic carbocycles. The summed E-state index contributed by atoms with van der Waals surface area (Å²) in [6.45, 7) is 4.07. The number of hydrogen-bond donors (Lipinski definition) is 1. The van der Waals surface area contributed by atoms with E-state index in [0.717, 1.165) is 12.8 Å². The van der Waals surface area contributed by atoms with Crippen LogP contribution in [0, 0.1) is 5.92 Å². The van der Waals surface area contributed by atoms with E-state index in [1.807, 2.05) is 13.8 Å². The number of benzene rings is 1. The van der Waals surface area contributed by atoms with Gasteiger partial charge in [-0.15, -0.1) is 0 Å². The number of carbonyl (C=O) groups is 3. The maximum absolute atomic E-state index is 12.2. The SMILES string of the molecule is COc1cc(C(=O)OCC(=O)N(C)CC(=O)NC2CC2)ccc1OCC(C)C. The second kappa shape index (κ2) is 9.96. The zero-order valence-corrected chi connectivity index (χ0v) is 16.8. The van der Waals surface area contributed by atoms with Gasteiger partial charge in [0.25, 0.3) is 5.91 Å². The van der Waals surface area contributed by atoms with E-state index in [0.29, 0.717) is 24.0 Å². The molecule has 0 aliphatic heterocycles. The average Bonchev–Trinajstić information content (AvgIpc) is 3.47. The highest BCUT2D eigenvalue weighted by Gasteiger charge is 2.24. The highest BCUT2D eigenvalue weighted by Crippen LogP contribution is 2.28. The molecule has 0 bridgehead atoms. The van der Waals surface area contributed by atoms with Crippen molar-refractivity contribution in [2.45, 2.75) is 32.7 Å². The number of rotatable bonds is 10. The van der Waals surface area contributed by atoms with E-state index in [4.69, 9.17) is 14.2 Å². The molecule has 0 atom stereocenters. The number of ether oxygens (including phenoxy) is 3. The molecule has 0 radical (unpaired) electrons. The van der Waals surface area contributed by atoms with Crippen molar-refractivity contribution in [2.75, 3.05) is 33.9 Å². The Balaban J connectivity index is 1.85. The molecule has 0 aromatic heterocycles. The lowest BCUT2D eigenvalue weighted by Crippen LogP contribution is -2.40. The molecule has 154 valence electrons. The third-order valence-corrected chi connectivity index (χ3v) is 4.05. The smallest absolute Gasteiger partial charge is 0.338 e. The van der Waals surface area contributed by atoms with Crippen molar-refractivity contribution in [3.63, 3.8) is 0 Å². The molecule has 1 fully saturated rings. The third kappa shape index (κ3) is 6.75. The van der Waals surface area contributed by atoms with Gasteiger partial charge >= 0.3 is 5.97 Å². The average molecular weight is 392 g/mol.